The second-order valence-electron chi connectivity index (χ2n) is 7.49. The highest BCUT2D eigenvalue weighted by molar-refractivity contribution is 7.87. The zero-order valence-corrected chi connectivity index (χ0v) is 16.1. The average Bonchev–Trinajstić information content (AvgIpc) is 2.89. The first-order valence-electron chi connectivity index (χ1n) is 9.00. The van der Waals surface area contributed by atoms with Crippen molar-refractivity contribution in [2.24, 2.45) is 0 Å². The molecule has 1 unspecified atom stereocenters. The molecule has 3 aromatic rings. The first-order chi connectivity index (χ1) is 13.2. The standard InChI is InChI=1S/C19H21F2N3O3S/c1-19(25,11-23-8-2-7-22-28(23,26)27)12-24-17-5-3-13(20)9-15(17)16-10-14(21)4-6-18(16)24/h3-6,9-10,22,25H,2,7-8,11-12H2,1H3. The third-order valence-electron chi connectivity index (χ3n) is 5.01. The number of halogens is 2. The lowest BCUT2D eigenvalue weighted by molar-refractivity contribution is 0.0247. The Morgan fingerprint density at radius 1 is 1.07 bits per heavy atom. The Bertz CT molecular complexity index is 1100. The van der Waals surface area contributed by atoms with Gasteiger partial charge in [0.2, 0.25) is 0 Å². The number of aromatic nitrogens is 1. The molecule has 1 saturated heterocycles. The number of nitrogens with one attached hydrogen (secondary N) is 1. The van der Waals surface area contributed by atoms with E-state index in [1.807, 2.05) is 0 Å². The molecule has 9 heteroatoms. The van der Waals surface area contributed by atoms with Gasteiger partial charge in [-0.15, -0.1) is 0 Å². The van der Waals surface area contributed by atoms with Crippen LogP contribution in [0.3, 0.4) is 0 Å². The largest absolute Gasteiger partial charge is 0.387 e. The van der Waals surface area contributed by atoms with E-state index < -0.39 is 27.4 Å². The van der Waals surface area contributed by atoms with E-state index in [0.29, 0.717) is 41.3 Å². The highest BCUT2D eigenvalue weighted by Crippen LogP contribution is 2.31. The minimum absolute atomic E-state index is 0.0658. The van der Waals surface area contributed by atoms with Gasteiger partial charge >= 0.3 is 0 Å². The molecule has 1 aromatic heterocycles. The first-order valence-corrected chi connectivity index (χ1v) is 10.4. The van der Waals surface area contributed by atoms with Gasteiger partial charge in [-0.25, -0.2) is 13.5 Å². The lowest BCUT2D eigenvalue weighted by Crippen LogP contribution is -2.53. The molecule has 0 aliphatic carbocycles. The summed E-state index contributed by atoms with van der Waals surface area (Å²) in [5.41, 5.74) is -0.114. The molecular formula is C19H21F2N3O3S. The Morgan fingerprint density at radius 3 is 2.18 bits per heavy atom. The van der Waals surface area contributed by atoms with Crippen molar-refractivity contribution in [1.82, 2.24) is 13.6 Å². The lowest BCUT2D eigenvalue weighted by Gasteiger charge is -2.33. The van der Waals surface area contributed by atoms with E-state index in [0.717, 1.165) is 0 Å². The molecule has 2 aromatic carbocycles. The SMILES string of the molecule is CC(O)(CN1CCCNS1(=O)=O)Cn1c2ccc(F)cc2c2cc(F)ccc21. The van der Waals surface area contributed by atoms with Crippen LogP contribution >= 0.6 is 0 Å². The molecule has 0 amide bonds. The number of aliphatic hydroxyl groups is 1. The Morgan fingerprint density at radius 2 is 1.64 bits per heavy atom. The molecule has 1 aliphatic rings. The molecule has 4 rings (SSSR count). The van der Waals surface area contributed by atoms with Crippen molar-refractivity contribution in [1.29, 1.82) is 0 Å². The summed E-state index contributed by atoms with van der Waals surface area (Å²) in [6, 6.07) is 8.45. The number of benzene rings is 2. The molecule has 1 atom stereocenters. The Hall–Kier alpha value is -2.07. The first kappa shape index (κ1) is 19.3. The summed E-state index contributed by atoms with van der Waals surface area (Å²) < 4.78 is 57.4. The summed E-state index contributed by atoms with van der Waals surface area (Å²) in [6.07, 6.45) is 0.656. The Kier molecular flexibility index (Phi) is 4.65. The maximum atomic E-state index is 13.8. The zero-order valence-electron chi connectivity index (χ0n) is 15.3. The van der Waals surface area contributed by atoms with Crippen molar-refractivity contribution in [2.75, 3.05) is 19.6 Å². The predicted octanol–water partition coefficient (Wildman–Crippen LogP) is 2.36. The van der Waals surface area contributed by atoms with Crippen LogP contribution in [-0.4, -0.2) is 47.6 Å². The minimum Gasteiger partial charge on any atom is -0.387 e. The van der Waals surface area contributed by atoms with Gasteiger partial charge in [0.15, 0.2) is 0 Å². The van der Waals surface area contributed by atoms with Crippen LogP contribution in [0.4, 0.5) is 8.78 Å². The van der Waals surface area contributed by atoms with E-state index in [2.05, 4.69) is 4.72 Å². The van der Waals surface area contributed by atoms with Gasteiger partial charge in [-0.1, -0.05) is 0 Å². The number of nitrogens with zero attached hydrogens (tertiary/aromatic N) is 2. The Balaban J connectivity index is 1.76. The van der Waals surface area contributed by atoms with E-state index in [1.165, 1.54) is 28.6 Å². The average molecular weight is 409 g/mol. The molecule has 0 radical (unpaired) electrons. The number of fused-ring (bicyclic) bond motifs is 3. The normalized spacial score (nSPS) is 19.9. The number of hydrogen-bond donors (Lipinski definition) is 2. The van der Waals surface area contributed by atoms with Crippen LogP contribution in [0.25, 0.3) is 21.8 Å². The van der Waals surface area contributed by atoms with Gasteiger partial charge in [-0.2, -0.15) is 12.7 Å². The van der Waals surface area contributed by atoms with E-state index in [9.17, 15) is 22.3 Å². The Labute approximate surface area is 161 Å². The van der Waals surface area contributed by atoms with Crippen molar-refractivity contribution in [3.8, 4) is 0 Å². The minimum atomic E-state index is -3.62. The molecule has 28 heavy (non-hydrogen) atoms. The van der Waals surface area contributed by atoms with E-state index in [-0.39, 0.29) is 13.1 Å². The fraction of sp³-hybridized carbons (Fsp3) is 0.368. The molecule has 1 fully saturated rings. The van der Waals surface area contributed by atoms with Crippen LogP contribution in [0.2, 0.25) is 0 Å². The summed E-state index contributed by atoms with van der Waals surface area (Å²) in [4.78, 5) is 0. The lowest BCUT2D eigenvalue weighted by atomic mass is 10.1. The molecular weight excluding hydrogens is 388 g/mol. The molecule has 0 spiro atoms. The summed E-state index contributed by atoms with van der Waals surface area (Å²) >= 11 is 0. The van der Waals surface area contributed by atoms with Crippen molar-refractivity contribution in [3.05, 3.63) is 48.0 Å². The number of β-amino-alcohol motifs (C(OH)–C–C–N with tert-alkyl or cyclic N) is 1. The van der Waals surface area contributed by atoms with Gasteiger partial charge < -0.3 is 9.67 Å². The van der Waals surface area contributed by atoms with Gasteiger partial charge in [0.25, 0.3) is 10.2 Å². The fourth-order valence-electron chi connectivity index (χ4n) is 3.82. The van der Waals surface area contributed by atoms with Crippen molar-refractivity contribution in [2.45, 2.75) is 25.5 Å². The maximum absolute atomic E-state index is 13.8. The van der Waals surface area contributed by atoms with Gasteiger partial charge in [-0.05, 0) is 49.7 Å². The second kappa shape index (κ2) is 6.77. The second-order valence-corrected chi connectivity index (χ2v) is 9.25. The molecule has 1 aliphatic heterocycles. The molecule has 0 saturated carbocycles. The summed E-state index contributed by atoms with van der Waals surface area (Å²) in [7, 11) is -3.62. The van der Waals surface area contributed by atoms with Crippen LogP contribution in [-0.2, 0) is 16.8 Å². The van der Waals surface area contributed by atoms with Crippen LogP contribution in [0.5, 0.6) is 0 Å². The number of hydrogen-bond acceptors (Lipinski definition) is 3. The third-order valence-corrected chi connectivity index (χ3v) is 6.57. The molecule has 6 nitrogen and oxygen atoms in total. The number of rotatable bonds is 4. The highest BCUT2D eigenvalue weighted by atomic mass is 32.2. The summed E-state index contributed by atoms with van der Waals surface area (Å²) in [5.74, 6) is -0.874. The molecule has 2 heterocycles. The van der Waals surface area contributed by atoms with Crippen LogP contribution in [0.1, 0.15) is 13.3 Å². The fourth-order valence-corrected chi connectivity index (χ4v) is 5.22. The third kappa shape index (κ3) is 3.50. The summed E-state index contributed by atoms with van der Waals surface area (Å²) in [5, 5.41) is 12.1. The predicted molar refractivity (Wildman–Crippen MR) is 103 cm³/mol. The van der Waals surface area contributed by atoms with Gasteiger partial charge in [0.05, 0.1) is 12.1 Å². The van der Waals surface area contributed by atoms with Gasteiger partial charge in [0.1, 0.15) is 11.6 Å². The van der Waals surface area contributed by atoms with Gasteiger partial charge in [-0.3, -0.25) is 0 Å². The molecule has 2 N–H and O–H groups in total. The van der Waals surface area contributed by atoms with E-state index in [1.54, 1.807) is 23.6 Å². The van der Waals surface area contributed by atoms with Crippen LogP contribution < -0.4 is 4.72 Å². The molecule has 0 bridgehead atoms. The van der Waals surface area contributed by atoms with Gasteiger partial charge in [0, 0.05) is 41.4 Å². The van der Waals surface area contributed by atoms with Crippen molar-refractivity contribution >= 4 is 32.0 Å². The zero-order chi connectivity index (χ0) is 20.1. The smallest absolute Gasteiger partial charge is 0.279 e. The van der Waals surface area contributed by atoms with Crippen molar-refractivity contribution in [3.63, 3.8) is 0 Å². The highest BCUT2D eigenvalue weighted by Gasteiger charge is 2.33. The monoisotopic (exact) mass is 409 g/mol. The van der Waals surface area contributed by atoms with E-state index in [4.69, 9.17) is 0 Å². The van der Waals surface area contributed by atoms with E-state index >= 15 is 0 Å². The summed E-state index contributed by atoms with van der Waals surface area (Å²) in [6.45, 7) is 2.24. The van der Waals surface area contributed by atoms with Crippen molar-refractivity contribution < 1.29 is 22.3 Å². The quantitative estimate of drug-likeness (QED) is 0.695. The van der Waals surface area contributed by atoms with Crippen LogP contribution in [0.15, 0.2) is 36.4 Å². The topological polar surface area (TPSA) is 74.6 Å². The maximum Gasteiger partial charge on any atom is 0.279 e. The molecule has 150 valence electrons. The van der Waals surface area contributed by atoms with Crippen LogP contribution in [0, 0.1) is 11.6 Å².